The molecule has 2 N–H and O–H groups in total. The summed E-state index contributed by atoms with van der Waals surface area (Å²) >= 11 is 6.62. The fraction of sp³-hybridized carbons (Fsp3) is 0.188. The lowest BCUT2D eigenvalue weighted by atomic mass is 9.97. The van der Waals surface area contributed by atoms with E-state index in [1.54, 1.807) is 0 Å². The summed E-state index contributed by atoms with van der Waals surface area (Å²) in [6.45, 7) is 2.12. The number of nitrogens with one attached hydrogen (secondary N) is 2. The van der Waals surface area contributed by atoms with Crippen molar-refractivity contribution in [2.45, 2.75) is 18.7 Å². The van der Waals surface area contributed by atoms with E-state index < -0.39 is 0 Å². The van der Waals surface area contributed by atoms with Crippen LogP contribution in [0.25, 0.3) is 11.0 Å². The van der Waals surface area contributed by atoms with Crippen LogP contribution in [0.2, 0.25) is 0 Å². The van der Waals surface area contributed by atoms with Crippen molar-refractivity contribution in [1.82, 2.24) is 9.97 Å². The average molecular weight is 287 g/mol. The first-order valence-corrected chi connectivity index (χ1v) is 7.06. The molecule has 0 fully saturated rings. The number of aryl methyl sites for hydroxylation is 1. The van der Waals surface area contributed by atoms with Gasteiger partial charge in [0.05, 0.1) is 16.4 Å². The number of benzene rings is 2. The molecule has 0 bridgehead atoms. The predicted octanol–water partition coefficient (Wildman–Crippen LogP) is 3.75. The van der Waals surface area contributed by atoms with Crippen molar-refractivity contribution in [3.8, 4) is 0 Å². The van der Waals surface area contributed by atoms with E-state index in [0.717, 1.165) is 28.6 Å². The number of rotatable bonds is 3. The molecule has 0 aliphatic heterocycles. The first-order chi connectivity index (χ1) is 9.69. The number of aromatic nitrogens is 2. The van der Waals surface area contributed by atoms with Gasteiger partial charge in [-0.3, -0.25) is 0 Å². The Kier molecular flexibility index (Phi) is 3.36. The van der Waals surface area contributed by atoms with Crippen molar-refractivity contribution in [3.05, 3.63) is 69.6 Å². The van der Waals surface area contributed by atoms with Crippen LogP contribution in [0, 0.1) is 0 Å². The zero-order valence-corrected chi connectivity index (χ0v) is 11.9. The summed E-state index contributed by atoms with van der Waals surface area (Å²) in [5, 5.41) is -0.214. The van der Waals surface area contributed by atoms with E-state index in [-0.39, 0.29) is 11.1 Å². The summed E-state index contributed by atoms with van der Waals surface area (Å²) in [4.78, 5) is 16.8. The van der Waals surface area contributed by atoms with Gasteiger partial charge in [-0.15, -0.1) is 11.6 Å². The third kappa shape index (κ3) is 2.25. The van der Waals surface area contributed by atoms with E-state index in [1.165, 1.54) is 5.56 Å². The second kappa shape index (κ2) is 5.17. The van der Waals surface area contributed by atoms with Gasteiger partial charge in [0.2, 0.25) is 0 Å². The zero-order valence-electron chi connectivity index (χ0n) is 11.1. The summed E-state index contributed by atoms with van der Waals surface area (Å²) < 4.78 is 0. The third-order valence-electron chi connectivity index (χ3n) is 3.54. The number of aromatic amines is 2. The molecule has 1 aromatic heterocycles. The van der Waals surface area contributed by atoms with Crippen LogP contribution in [0.1, 0.15) is 29.0 Å². The first-order valence-electron chi connectivity index (χ1n) is 6.63. The molecule has 0 saturated carbocycles. The Balaban J connectivity index is 2.07. The van der Waals surface area contributed by atoms with E-state index in [0.29, 0.717) is 0 Å². The van der Waals surface area contributed by atoms with Gasteiger partial charge in [0.15, 0.2) is 0 Å². The number of hydrogen-bond donors (Lipinski definition) is 2. The van der Waals surface area contributed by atoms with Gasteiger partial charge in [0, 0.05) is 0 Å². The maximum atomic E-state index is 11.3. The quantitative estimate of drug-likeness (QED) is 0.708. The predicted molar refractivity (Wildman–Crippen MR) is 82.4 cm³/mol. The molecule has 1 atom stereocenters. The van der Waals surface area contributed by atoms with Gasteiger partial charge in [0.1, 0.15) is 0 Å². The van der Waals surface area contributed by atoms with E-state index >= 15 is 0 Å². The minimum Gasteiger partial charge on any atom is -0.306 e. The molecular weight excluding hydrogens is 272 g/mol. The van der Waals surface area contributed by atoms with Crippen molar-refractivity contribution in [1.29, 1.82) is 0 Å². The second-order valence-corrected chi connectivity index (χ2v) is 5.24. The summed E-state index contributed by atoms with van der Waals surface area (Å²) in [6.07, 6.45) is 0.947. The van der Waals surface area contributed by atoms with Crippen molar-refractivity contribution in [2.75, 3.05) is 0 Å². The average Bonchev–Trinajstić information content (AvgIpc) is 2.85. The summed E-state index contributed by atoms with van der Waals surface area (Å²) in [6, 6.07) is 13.9. The second-order valence-electron chi connectivity index (χ2n) is 4.80. The maximum absolute atomic E-state index is 11.3. The lowest BCUT2D eigenvalue weighted by Crippen LogP contribution is -1.99. The van der Waals surface area contributed by atoms with Crippen molar-refractivity contribution < 1.29 is 0 Å². The van der Waals surface area contributed by atoms with E-state index in [9.17, 15) is 4.79 Å². The van der Waals surface area contributed by atoms with Crippen LogP contribution in [0.3, 0.4) is 0 Å². The van der Waals surface area contributed by atoms with Gasteiger partial charge in [-0.25, -0.2) is 4.79 Å². The van der Waals surface area contributed by atoms with Crippen molar-refractivity contribution >= 4 is 22.6 Å². The van der Waals surface area contributed by atoms with Crippen LogP contribution in [-0.4, -0.2) is 9.97 Å². The molecule has 3 aromatic rings. The summed E-state index contributed by atoms with van der Waals surface area (Å²) in [7, 11) is 0. The smallest absolute Gasteiger partial charge is 0.306 e. The van der Waals surface area contributed by atoms with Gasteiger partial charge in [-0.2, -0.15) is 0 Å². The molecule has 1 heterocycles. The Bertz CT molecular complexity index is 803. The fourth-order valence-electron chi connectivity index (χ4n) is 2.49. The molecule has 0 spiro atoms. The van der Waals surface area contributed by atoms with Gasteiger partial charge >= 0.3 is 5.69 Å². The van der Waals surface area contributed by atoms with Crippen LogP contribution in [0.5, 0.6) is 0 Å². The summed E-state index contributed by atoms with van der Waals surface area (Å²) in [5.74, 6) is 0. The number of fused-ring (bicyclic) bond motifs is 1. The standard InChI is InChI=1S/C16H15ClN2O/c1-2-10-5-3-4-6-12(10)15(17)11-7-8-13-14(9-11)19-16(20)18-13/h3-9,15H,2H2,1H3,(H2,18,19,20). The normalized spacial score (nSPS) is 12.7. The van der Waals surface area contributed by atoms with Crippen LogP contribution in [0.15, 0.2) is 47.3 Å². The molecule has 102 valence electrons. The van der Waals surface area contributed by atoms with Crippen molar-refractivity contribution in [2.24, 2.45) is 0 Å². The Morgan fingerprint density at radius 1 is 1.10 bits per heavy atom. The molecule has 0 aliphatic carbocycles. The van der Waals surface area contributed by atoms with E-state index in [1.807, 2.05) is 30.3 Å². The van der Waals surface area contributed by atoms with Crippen LogP contribution >= 0.6 is 11.6 Å². The lowest BCUT2D eigenvalue weighted by Gasteiger charge is -2.14. The van der Waals surface area contributed by atoms with Gasteiger partial charge in [-0.1, -0.05) is 37.3 Å². The molecule has 0 radical (unpaired) electrons. The highest BCUT2D eigenvalue weighted by Crippen LogP contribution is 2.32. The number of hydrogen-bond acceptors (Lipinski definition) is 1. The molecule has 0 amide bonds. The van der Waals surface area contributed by atoms with Crippen LogP contribution in [0.4, 0.5) is 0 Å². The van der Waals surface area contributed by atoms with Gasteiger partial charge < -0.3 is 9.97 Å². The number of H-pyrrole nitrogens is 2. The molecule has 2 aromatic carbocycles. The lowest BCUT2D eigenvalue weighted by molar-refractivity contribution is 1.04. The minimum atomic E-state index is -0.214. The van der Waals surface area contributed by atoms with E-state index in [4.69, 9.17) is 11.6 Å². The molecule has 20 heavy (non-hydrogen) atoms. The molecule has 3 rings (SSSR count). The Morgan fingerprint density at radius 2 is 1.85 bits per heavy atom. The first kappa shape index (κ1) is 13.0. The topological polar surface area (TPSA) is 48.6 Å². The number of alkyl halides is 1. The highest BCUT2D eigenvalue weighted by atomic mass is 35.5. The van der Waals surface area contributed by atoms with Crippen molar-refractivity contribution in [3.63, 3.8) is 0 Å². The monoisotopic (exact) mass is 286 g/mol. The molecular formula is C16H15ClN2O. The van der Waals surface area contributed by atoms with Gasteiger partial charge in [-0.05, 0) is 35.2 Å². The molecule has 3 nitrogen and oxygen atoms in total. The highest BCUT2D eigenvalue weighted by molar-refractivity contribution is 6.22. The molecule has 0 saturated heterocycles. The highest BCUT2D eigenvalue weighted by Gasteiger charge is 2.14. The summed E-state index contributed by atoms with van der Waals surface area (Å²) in [5.41, 5.74) is 4.73. The zero-order chi connectivity index (χ0) is 14.1. The Morgan fingerprint density at radius 3 is 2.65 bits per heavy atom. The Hall–Kier alpha value is -2.00. The SMILES string of the molecule is CCc1ccccc1C(Cl)c1ccc2[nH]c(=O)[nH]c2c1. The molecule has 1 unspecified atom stereocenters. The molecule has 4 heteroatoms. The van der Waals surface area contributed by atoms with E-state index in [2.05, 4.69) is 29.0 Å². The third-order valence-corrected chi connectivity index (χ3v) is 4.03. The molecule has 0 aliphatic rings. The minimum absolute atomic E-state index is 0.197. The van der Waals surface area contributed by atoms with Gasteiger partial charge in [0.25, 0.3) is 0 Å². The Labute approximate surface area is 121 Å². The maximum Gasteiger partial charge on any atom is 0.323 e. The number of halogens is 1. The largest absolute Gasteiger partial charge is 0.323 e. The van der Waals surface area contributed by atoms with Crippen LogP contribution < -0.4 is 5.69 Å². The number of imidazole rings is 1. The van der Waals surface area contributed by atoms with Crippen LogP contribution in [-0.2, 0) is 6.42 Å². The fourth-order valence-corrected chi connectivity index (χ4v) is 2.84.